The molecule has 4 nitrogen and oxygen atoms in total. The number of benzene rings is 1. The molecule has 0 N–H and O–H groups in total. The molecule has 3 atom stereocenters. The van der Waals surface area contributed by atoms with E-state index in [1.807, 2.05) is 0 Å². The van der Waals surface area contributed by atoms with Crippen LogP contribution in [0.4, 0.5) is 0 Å². The Morgan fingerprint density at radius 1 is 1.30 bits per heavy atom. The van der Waals surface area contributed by atoms with E-state index in [4.69, 9.17) is 0 Å². The fourth-order valence-corrected chi connectivity index (χ4v) is 5.45. The minimum absolute atomic E-state index is 0.250. The Kier molecular flexibility index (Phi) is 4.35. The summed E-state index contributed by atoms with van der Waals surface area (Å²) in [5.74, 6) is 1.85. The van der Waals surface area contributed by atoms with E-state index in [0.29, 0.717) is 23.6 Å². The lowest BCUT2D eigenvalue weighted by atomic mass is 9.87. The zero-order valence-corrected chi connectivity index (χ0v) is 14.4. The fraction of sp³-hybridized carbons (Fsp3) is 0.471. The maximum absolute atomic E-state index is 12.7. The van der Waals surface area contributed by atoms with E-state index < -0.39 is 0 Å². The van der Waals surface area contributed by atoms with Crippen LogP contribution in [-0.4, -0.2) is 39.3 Å². The molecule has 1 aliphatic carbocycles. The zero-order chi connectivity index (χ0) is 15.6. The van der Waals surface area contributed by atoms with Crippen molar-refractivity contribution in [3.05, 3.63) is 41.4 Å². The van der Waals surface area contributed by atoms with E-state index in [0.717, 1.165) is 17.3 Å². The zero-order valence-electron chi connectivity index (χ0n) is 12.8. The number of nitrogens with zero attached hydrogens (tertiary/aromatic N) is 3. The van der Waals surface area contributed by atoms with Crippen molar-refractivity contribution in [1.82, 2.24) is 15.1 Å². The van der Waals surface area contributed by atoms with Gasteiger partial charge in [0.05, 0.1) is 5.75 Å². The van der Waals surface area contributed by atoms with Gasteiger partial charge in [-0.05, 0) is 24.3 Å². The summed E-state index contributed by atoms with van der Waals surface area (Å²) in [5.41, 5.74) is 3.10. The number of amides is 1. The average Bonchev–Trinajstić information content (AvgIpc) is 3.30. The van der Waals surface area contributed by atoms with E-state index >= 15 is 0 Å². The van der Waals surface area contributed by atoms with Crippen molar-refractivity contribution >= 4 is 29.0 Å². The molecule has 1 saturated heterocycles. The lowest BCUT2D eigenvalue weighted by molar-refractivity contribution is -0.129. The maximum atomic E-state index is 12.7. The van der Waals surface area contributed by atoms with Crippen LogP contribution in [0.3, 0.4) is 0 Å². The lowest BCUT2D eigenvalue weighted by Crippen LogP contribution is -2.37. The normalized spacial score (nSPS) is 26.4. The van der Waals surface area contributed by atoms with Crippen molar-refractivity contribution in [2.75, 3.05) is 12.3 Å². The van der Waals surface area contributed by atoms with Gasteiger partial charge in [-0.3, -0.25) is 4.79 Å². The summed E-state index contributed by atoms with van der Waals surface area (Å²) in [6.45, 7) is 0.870. The molecule has 23 heavy (non-hydrogen) atoms. The first-order chi connectivity index (χ1) is 11.3. The van der Waals surface area contributed by atoms with E-state index in [1.54, 1.807) is 5.51 Å². The fourth-order valence-electron chi connectivity index (χ4n) is 4.08. The van der Waals surface area contributed by atoms with Gasteiger partial charge in [-0.1, -0.05) is 59.9 Å². The Morgan fingerprint density at radius 2 is 2.17 bits per heavy atom. The van der Waals surface area contributed by atoms with Crippen molar-refractivity contribution in [3.8, 4) is 0 Å². The van der Waals surface area contributed by atoms with Crippen LogP contribution >= 0.6 is 23.1 Å². The lowest BCUT2D eigenvalue weighted by Gasteiger charge is -2.23. The van der Waals surface area contributed by atoms with Gasteiger partial charge in [0.25, 0.3) is 0 Å². The quantitative estimate of drug-likeness (QED) is 0.797. The van der Waals surface area contributed by atoms with E-state index in [1.165, 1.54) is 41.5 Å². The van der Waals surface area contributed by atoms with Gasteiger partial charge in [0, 0.05) is 18.5 Å². The first-order valence-electron chi connectivity index (χ1n) is 8.06. The molecular weight excluding hydrogens is 326 g/mol. The van der Waals surface area contributed by atoms with Gasteiger partial charge in [0.2, 0.25) is 5.91 Å². The van der Waals surface area contributed by atoms with Crippen LogP contribution in [0.1, 0.15) is 30.7 Å². The minimum atomic E-state index is 0.250. The standard InChI is InChI=1S/C17H19N3OS2/c21-16(10-22-17-19-18-11-23-17)20-9-14(12-5-2-1-3-6-12)13-7-4-8-15(13)20/h1-3,5-6,11,13-15H,4,7-10H2/t13-,14+,15-/m0/s1. The molecule has 1 aliphatic heterocycles. The Balaban J connectivity index is 1.47. The average molecular weight is 345 g/mol. The Labute approximate surface area is 144 Å². The van der Waals surface area contributed by atoms with Crippen molar-refractivity contribution in [2.24, 2.45) is 5.92 Å². The van der Waals surface area contributed by atoms with Crippen molar-refractivity contribution in [1.29, 1.82) is 0 Å². The van der Waals surface area contributed by atoms with Crippen LogP contribution < -0.4 is 0 Å². The Bertz CT molecular complexity index is 662. The molecule has 1 aromatic carbocycles. The van der Waals surface area contributed by atoms with Crippen LogP contribution in [0.2, 0.25) is 0 Å². The highest BCUT2D eigenvalue weighted by molar-refractivity contribution is 8.01. The molecule has 1 amide bonds. The monoisotopic (exact) mass is 345 g/mol. The highest BCUT2D eigenvalue weighted by atomic mass is 32.2. The molecule has 1 aromatic heterocycles. The number of likely N-dealkylation sites (tertiary alicyclic amines) is 1. The summed E-state index contributed by atoms with van der Waals surface area (Å²) in [6.07, 6.45) is 3.65. The SMILES string of the molecule is O=C(CSc1nncs1)N1C[C@H](c2ccccc2)[C@@H]2CCC[C@@H]21. The number of aromatic nitrogens is 2. The summed E-state index contributed by atoms with van der Waals surface area (Å²) < 4.78 is 0.875. The third-order valence-corrected chi connectivity index (χ3v) is 6.89. The molecule has 2 fully saturated rings. The van der Waals surface area contributed by atoms with Gasteiger partial charge in [0.15, 0.2) is 4.34 Å². The number of fused-ring (bicyclic) bond motifs is 1. The molecule has 6 heteroatoms. The molecule has 2 heterocycles. The Hall–Kier alpha value is -1.40. The summed E-state index contributed by atoms with van der Waals surface area (Å²) >= 11 is 3.00. The summed E-state index contributed by atoms with van der Waals surface area (Å²) in [7, 11) is 0. The first kappa shape index (κ1) is 15.1. The molecule has 4 rings (SSSR count). The van der Waals surface area contributed by atoms with Gasteiger partial charge in [-0.25, -0.2) is 0 Å². The third-order valence-electron chi connectivity index (χ3n) is 5.05. The van der Waals surface area contributed by atoms with Gasteiger partial charge in [-0.2, -0.15) is 0 Å². The van der Waals surface area contributed by atoms with Crippen LogP contribution in [-0.2, 0) is 4.79 Å². The number of hydrogen-bond acceptors (Lipinski definition) is 5. The second-order valence-electron chi connectivity index (χ2n) is 6.22. The highest BCUT2D eigenvalue weighted by Crippen LogP contribution is 2.46. The van der Waals surface area contributed by atoms with Crippen LogP contribution in [0.25, 0.3) is 0 Å². The van der Waals surface area contributed by atoms with E-state index in [-0.39, 0.29) is 5.91 Å². The molecule has 2 aromatic rings. The maximum Gasteiger partial charge on any atom is 0.233 e. The van der Waals surface area contributed by atoms with E-state index in [2.05, 4.69) is 45.4 Å². The number of rotatable bonds is 4. The predicted octanol–water partition coefficient (Wildman–Crippen LogP) is 3.42. The number of carbonyl (C=O) groups excluding carboxylic acids is 1. The van der Waals surface area contributed by atoms with Gasteiger partial charge in [-0.15, -0.1) is 10.2 Å². The Morgan fingerprint density at radius 3 is 2.96 bits per heavy atom. The van der Waals surface area contributed by atoms with Gasteiger partial charge >= 0.3 is 0 Å². The number of thioether (sulfide) groups is 1. The molecule has 0 spiro atoms. The second kappa shape index (κ2) is 6.61. The van der Waals surface area contributed by atoms with E-state index in [9.17, 15) is 4.79 Å². The first-order valence-corrected chi connectivity index (χ1v) is 9.93. The smallest absolute Gasteiger partial charge is 0.233 e. The van der Waals surface area contributed by atoms with Crippen molar-refractivity contribution < 1.29 is 4.79 Å². The summed E-state index contributed by atoms with van der Waals surface area (Å²) in [4.78, 5) is 14.9. The molecule has 1 saturated carbocycles. The third kappa shape index (κ3) is 3.02. The number of hydrogen-bond donors (Lipinski definition) is 0. The van der Waals surface area contributed by atoms with Crippen LogP contribution in [0, 0.1) is 5.92 Å². The second-order valence-corrected chi connectivity index (χ2v) is 8.27. The number of carbonyl (C=O) groups is 1. The largest absolute Gasteiger partial charge is 0.338 e. The molecule has 0 radical (unpaired) electrons. The minimum Gasteiger partial charge on any atom is -0.338 e. The molecule has 120 valence electrons. The molecular formula is C17H19N3OS2. The highest BCUT2D eigenvalue weighted by Gasteiger charge is 2.46. The van der Waals surface area contributed by atoms with Crippen molar-refractivity contribution in [2.45, 2.75) is 35.6 Å². The predicted molar refractivity (Wildman–Crippen MR) is 92.7 cm³/mol. The van der Waals surface area contributed by atoms with Crippen LogP contribution in [0.5, 0.6) is 0 Å². The molecule has 2 aliphatic rings. The van der Waals surface area contributed by atoms with Gasteiger partial charge in [0.1, 0.15) is 5.51 Å². The molecule has 0 unspecified atom stereocenters. The summed E-state index contributed by atoms with van der Waals surface area (Å²) in [6, 6.07) is 11.1. The topological polar surface area (TPSA) is 46.1 Å². The van der Waals surface area contributed by atoms with Crippen LogP contribution in [0.15, 0.2) is 40.2 Å². The van der Waals surface area contributed by atoms with Crippen molar-refractivity contribution in [3.63, 3.8) is 0 Å². The van der Waals surface area contributed by atoms with Gasteiger partial charge < -0.3 is 4.90 Å². The molecule has 0 bridgehead atoms. The summed E-state index contributed by atoms with van der Waals surface area (Å²) in [5, 5.41) is 7.83.